The van der Waals surface area contributed by atoms with E-state index in [1.54, 1.807) is 13.1 Å². The zero-order valence-electron chi connectivity index (χ0n) is 12.6. The summed E-state index contributed by atoms with van der Waals surface area (Å²) in [5, 5.41) is 16.1. The highest BCUT2D eigenvalue weighted by molar-refractivity contribution is 7.99. The van der Waals surface area contributed by atoms with Crippen LogP contribution in [-0.4, -0.2) is 60.9 Å². The molecule has 0 spiro atoms. The quantitative estimate of drug-likeness (QED) is 0.744. The molecule has 0 saturated carbocycles. The lowest BCUT2D eigenvalue weighted by atomic mass is 10.0. The lowest BCUT2D eigenvalue weighted by Crippen LogP contribution is -2.50. The molecule has 23 heavy (non-hydrogen) atoms. The highest BCUT2D eigenvalue weighted by atomic mass is 32.2. The van der Waals surface area contributed by atoms with Crippen LogP contribution in [0.25, 0.3) is 0 Å². The fourth-order valence-electron chi connectivity index (χ4n) is 2.97. The van der Waals surface area contributed by atoms with Crippen LogP contribution in [0.2, 0.25) is 0 Å². The second kappa shape index (κ2) is 5.93. The van der Waals surface area contributed by atoms with E-state index >= 15 is 0 Å². The number of hydrogen-bond acceptors (Lipinski definition) is 8. The Morgan fingerprint density at radius 3 is 3.22 bits per heavy atom. The van der Waals surface area contributed by atoms with E-state index in [1.807, 2.05) is 9.58 Å². The first kappa shape index (κ1) is 14.6. The van der Waals surface area contributed by atoms with Crippen molar-refractivity contribution >= 4 is 17.7 Å². The van der Waals surface area contributed by atoms with Crippen molar-refractivity contribution in [3.05, 3.63) is 17.8 Å². The lowest BCUT2D eigenvalue weighted by molar-refractivity contribution is -0.136. The van der Waals surface area contributed by atoms with Gasteiger partial charge in [0.15, 0.2) is 0 Å². The number of aryl methyl sites for hydroxylation is 1. The highest BCUT2D eigenvalue weighted by Crippen LogP contribution is 2.30. The number of piperidine rings is 1. The van der Waals surface area contributed by atoms with Crippen molar-refractivity contribution in [3.63, 3.8) is 0 Å². The van der Waals surface area contributed by atoms with Gasteiger partial charge in [-0.3, -0.25) is 4.79 Å². The van der Waals surface area contributed by atoms with Gasteiger partial charge in [0.25, 0.3) is 5.22 Å². The summed E-state index contributed by atoms with van der Waals surface area (Å²) < 4.78 is 13.1. The maximum Gasteiger partial charge on any atom is 0.277 e. The molecule has 10 heteroatoms. The molecule has 2 aromatic heterocycles. The second-order valence-electron chi connectivity index (χ2n) is 5.59. The summed E-state index contributed by atoms with van der Waals surface area (Å²) in [6.45, 7) is 3.48. The zero-order valence-corrected chi connectivity index (χ0v) is 13.4. The van der Waals surface area contributed by atoms with Crippen LogP contribution in [0.5, 0.6) is 0 Å². The first-order chi connectivity index (χ1) is 11.2. The average Bonchev–Trinajstić information content (AvgIpc) is 3.20. The zero-order chi connectivity index (χ0) is 15.8. The number of fused-ring (bicyclic) bond motifs is 3. The minimum Gasteiger partial charge on any atom is -0.416 e. The van der Waals surface area contributed by atoms with Crippen LogP contribution >= 0.6 is 11.8 Å². The number of rotatable bonds is 3. The van der Waals surface area contributed by atoms with Crippen molar-refractivity contribution < 1.29 is 13.9 Å². The lowest BCUT2D eigenvalue weighted by Gasteiger charge is -2.40. The fourth-order valence-corrected chi connectivity index (χ4v) is 3.67. The highest BCUT2D eigenvalue weighted by Gasteiger charge is 2.37. The molecule has 2 aliphatic rings. The predicted octanol–water partition coefficient (Wildman–Crippen LogP) is 0.434. The molecule has 0 bridgehead atoms. The third kappa shape index (κ3) is 2.83. The van der Waals surface area contributed by atoms with E-state index in [4.69, 9.17) is 9.15 Å². The molecule has 1 fully saturated rings. The van der Waals surface area contributed by atoms with Gasteiger partial charge in [-0.1, -0.05) is 17.0 Å². The molecule has 122 valence electrons. The second-order valence-corrected chi connectivity index (χ2v) is 6.52. The smallest absolute Gasteiger partial charge is 0.277 e. The molecule has 0 aliphatic carbocycles. The number of carbonyl (C=O) groups is 1. The molecule has 9 nitrogen and oxygen atoms in total. The maximum absolute atomic E-state index is 12.4. The Morgan fingerprint density at radius 1 is 1.48 bits per heavy atom. The third-order valence-corrected chi connectivity index (χ3v) is 4.92. The molecule has 0 radical (unpaired) electrons. The number of hydrogen-bond donors (Lipinski definition) is 0. The number of aromatic nitrogens is 5. The normalized spacial score (nSPS) is 23.4. The number of thioether (sulfide) groups is 1. The number of amides is 1. The number of carbonyl (C=O) groups excluding carboxylic acids is 1. The van der Waals surface area contributed by atoms with Crippen LogP contribution in [0.15, 0.2) is 15.8 Å². The van der Waals surface area contributed by atoms with Gasteiger partial charge in [-0.05, 0) is 6.42 Å². The van der Waals surface area contributed by atoms with Gasteiger partial charge in [-0.2, -0.15) is 0 Å². The molecule has 4 heterocycles. The minimum absolute atomic E-state index is 0.0300. The molecule has 2 aromatic rings. The predicted molar refractivity (Wildman–Crippen MR) is 78.6 cm³/mol. The van der Waals surface area contributed by atoms with Gasteiger partial charge in [0.05, 0.1) is 36.4 Å². The van der Waals surface area contributed by atoms with Crippen molar-refractivity contribution in [3.8, 4) is 0 Å². The van der Waals surface area contributed by atoms with Crippen LogP contribution in [0, 0.1) is 6.92 Å². The Hall–Kier alpha value is -1.94. The molecule has 4 rings (SSSR count). The largest absolute Gasteiger partial charge is 0.416 e. The summed E-state index contributed by atoms with van der Waals surface area (Å²) in [5.41, 5.74) is 0.994. The van der Waals surface area contributed by atoms with Crippen LogP contribution in [-0.2, 0) is 16.1 Å². The van der Waals surface area contributed by atoms with Crippen LogP contribution in [0.4, 0.5) is 0 Å². The molecule has 0 aromatic carbocycles. The summed E-state index contributed by atoms with van der Waals surface area (Å²) in [5.74, 6) is 0.838. The van der Waals surface area contributed by atoms with Crippen molar-refractivity contribution in [2.75, 3.05) is 18.8 Å². The molecule has 0 N–H and O–H groups in total. The maximum atomic E-state index is 12.4. The average molecular weight is 336 g/mol. The van der Waals surface area contributed by atoms with E-state index in [0.717, 1.165) is 12.1 Å². The topological polar surface area (TPSA) is 99.2 Å². The Kier molecular flexibility index (Phi) is 3.77. The van der Waals surface area contributed by atoms with Gasteiger partial charge >= 0.3 is 0 Å². The van der Waals surface area contributed by atoms with Gasteiger partial charge in [0, 0.05) is 20.0 Å². The molecule has 1 saturated heterocycles. The van der Waals surface area contributed by atoms with Crippen LogP contribution in [0.3, 0.4) is 0 Å². The summed E-state index contributed by atoms with van der Waals surface area (Å²) in [6.07, 6.45) is 2.52. The Balaban J connectivity index is 1.36. The first-order valence-electron chi connectivity index (χ1n) is 7.42. The Bertz CT molecular complexity index is 716. The summed E-state index contributed by atoms with van der Waals surface area (Å²) in [7, 11) is 0. The van der Waals surface area contributed by atoms with E-state index in [0.29, 0.717) is 30.8 Å². The van der Waals surface area contributed by atoms with E-state index in [-0.39, 0.29) is 23.8 Å². The fraction of sp³-hybridized carbons (Fsp3) is 0.615. The van der Waals surface area contributed by atoms with Gasteiger partial charge in [0.1, 0.15) is 0 Å². The van der Waals surface area contributed by atoms with Gasteiger partial charge < -0.3 is 14.1 Å². The standard InChI is InChI=1S/C13H16N6O3S/c1-8-15-16-13(22-8)23-7-12(20)18-3-2-10-11(5-18)21-6-9-4-14-17-19(9)10/h4,10-11H,2-3,5-7H2,1H3/t10-,11-/m0/s1. The first-order valence-corrected chi connectivity index (χ1v) is 8.40. The third-order valence-electron chi connectivity index (χ3n) is 4.11. The van der Waals surface area contributed by atoms with Crippen LogP contribution in [0.1, 0.15) is 24.0 Å². The van der Waals surface area contributed by atoms with Crippen molar-refractivity contribution in [2.24, 2.45) is 0 Å². The number of ether oxygens (including phenoxy) is 1. The van der Waals surface area contributed by atoms with Crippen LogP contribution < -0.4 is 0 Å². The molecule has 1 amide bonds. The van der Waals surface area contributed by atoms with E-state index in [1.165, 1.54) is 11.8 Å². The number of likely N-dealkylation sites (tertiary alicyclic amines) is 1. The SMILES string of the molecule is Cc1nnc(SCC(=O)N2CC[C@H]3[C@H](C2)OCc2cnnn23)o1. The Labute approximate surface area is 136 Å². The number of nitrogens with zero attached hydrogens (tertiary/aromatic N) is 6. The summed E-state index contributed by atoms with van der Waals surface area (Å²) >= 11 is 1.26. The molecular weight excluding hydrogens is 320 g/mol. The van der Waals surface area contributed by atoms with E-state index < -0.39 is 0 Å². The van der Waals surface area contributed by atoms with Gasteiger partial charge in [-0.15, -0.1) is 15.3 Å². The molecule has 2 aliphatic heterocycles. The minimum atomic E-state index is -0.0300. The molecule has 0 unspecified atom stereocenters. The monoisotopic (exact) mass is 336 g/mol. The van der Waals surface area contributed by atoms with E-state index in [2.05, 4.69) is 20.5 Å². The Morgan fingerprint density at radius 2 is 2.39 bits per heavy atom. The molecule has 2 atom stereocenters. The van der Waals surface area contributed by atoms with Crippen molar-refractivity contribution in [1.82, 2.24) is 30.1 Å². The molecular formula is C13H16N6O3S. The van der Waals surface area contributed by atoms with E-state index in [9.17, 15) is 4.79 Å². The van der Waals surface area contributed by atoms with Gasteiger partial charge in [0.2, 0.25) is 11.8 Å². The summed E-state index contributed by atoms with van der Waals surface area (Å²) in [4.78, 5) is 14.2. The van der Waals surface area contributed by atoms with Crippen molar-refractivity contribution in [2.45, 2.75) is 37.3 Å². The van der Waals surface area contributed by atoms with Gasteiger partial charge in [-0.25, -0.2) is 4.68 Å². The van der Waals surface area contributed by atoms with Crippen molar-refractivity contribution in [1.29, 1.82) is 0 Å². The summed E-state index contributed by atoms with van der Waals surface area (Å²) in [6, 6.07) is 0.163.